The molecule has 23 heavy (non-hydrogen) atoms. The molecule has 1 N–H and O–H groups in total. The number of carbonyl (C=O) groups excluding carboxylic acids is 1. The molecular formula is C15H14F3N3O2. The molecule has 2 aromatic rings. The third-order valence-corrected chi connectivity index (χ3v) is 3.58. The summed E-state index contributed by atoms with van der Waals surface area (Å²) < 4.78 is 44.6. The van der Waals surface area contributed by atoms with Crippen LogP contribution in [0.5, 0.6) is 0 Å². The predicted molar refractivity (Wildman–Crippen MR) is 76.1 cm³/mol. The van der Waals surface area contributed by atoms with Crippen molar-refractivity contribution < 1.29 is 22.7 Å². The zero-order valence-electron chi connectivity index (χ0n) is 12.0. The number of carbonyl (C=O) groups is 1. The van der Waals surface area contributed by atoms with E-state index >= 15 is 0 Å². The Hall–Kier alpha value is -2.35. The molecule has 1 aromatic heterocycles. The van der Waals surface area contributed by atoms with E-state index < -0.39 is 11.7 Å². The number of anilines is 1. The molecule has 0 bridgehead atoms. The third-order valence-electron chi connectivity index (χ3n) is 3.58. The minimum absolute atomic E-state index is 0.197. The van der Waals surface area contributed by atoms with E-state index in [1.54, 1.807) is 0 Å². The standard InChI is InChI=1S/C15H14F3N3O2/c16-15(17,18)11-2-1-3-12(8-11)21-6-4-13(20-21)19-14(22)10-5-7-23-9-10/h1-4,6,8,10H,5,7,9H2,(H,19,20,22)/t10-/m1/s1. The molecule has 0 radical (unpaired) electrons. The van der Waals surface area contributed by atoms with Gasteiger partial charge in [-0.05, 0) is 24.6 Å². The van der Waals surface area contributed by atoms with Crippen LogP contribution in [-0.2, 0) is 15.7 Å². The minimum atomic E-state index is -4.41. The number of hydrogen-bond acceptors (Lipinski definition) is 3. The summed E-state index contributed by atoms with van der Waals surface area (Å²) in [5, 5.41) is 6.74. The van der Waals surface area contributed by atoms with Gasteiger partial charge in [-0.25, -0.2) is 4.68 Å². The van der Waals surface area contributed by atoms with E-state index in [1.807, 2.05) is 0 Å². The molecule has 1 amide bonds. The summed E-state index contributed by atoms with van der Waals surface area (Å²) in [7, 11) is 0. The number of alkyl halides is 3. The highest BCUT2D eigenvalue weighted by atomic mass is 19.4. The van der Waals surface area contributed by atoms with Crippen molar-refractivity contribution in [2.45, 2.75) is 12.6 Å². The summed E-state index contributed by atoms with van der Waals surface area (Å²) in [5.41, 5.74) is -0.483. The van der Waals surface area contributed by atoms with Crippen LogP contribution in [0.25, 0.3) is 5.69 Å². The predicted octanol–water partition coefficient (Wildman–Crippen LogP) is 2.87. The summed E-state index contributed by atoms with van der Waals surface area (Å²) in [6, 6.07) is 6.36. The van der Waals surface area contributed by atoms with Crippen LogP contribution in [0.4, 0.5) is 19.0 Å². The van der Waals surface area contributed by atoms with Crippen LogP contribution < -0.4 is 5.32 Å². The molecule has 1 saturated heterocycles. The number of aromatic nitrogens is 2. The van der Waals surface area contributed by atoms with Crippen LogP contribution in [0.2, 0.25) is 0 Å². The van der Waals surface area contributed by atoms with Gasteiger partial charge in [0.1, 0.15) is 0 Å². The molecule has 5 nitrogen and oxygen atoms in total. The third kappa shape index (κ3) is 3.53. The van der Waals surface area contributed by atoms with E-state index in [4.69, 9.17) is 4.74 Å². The molecule has 1 fully saturated rings. The zero-order valence-corrected chi connectivity index (χ0v) is 12.0. The first-order valence-electron chi connectivity index (χ1n) is 7.05. The molecule has 1 aliphatic heterocycles. The second kappa shape index (κ2) is 6.04. The van der Waals surface area contributed by atoms with Crippen molar-refractivity contribution in [3.05, 3.63) is 42.1 Å². The summed E-state index contributed by atoms with van der Waals surface area (Å²) >= 11 is 0. The molecular weight excluding hydrogens is 311 g/mol. The molecule has 8 heteroatoms. The summed E-state index contributed by atoms with van der Waals surface area (Å²) in [6.45, 7) is 0.928. The Morgan fingerprint density at radius 3 is 2.87 bits per heavy atom. The average molecular weight is 325 g/mol. The molecule has 1 atom stereocenters. The summed E-state index contributed by atoms with van der Waals surface area (Å²) in [4.78, 5) is 12.0. The summed E-state index contributed by atoms with van der Waals surface area (Å²) in [6.07, 6.45) is -2.26. The lowest BCUT2D eigenvalue weighted by Gasteiger charge is -2.09. The SMILES string of the molecule is O=C(Nc1ccn(-c2cccc(C(F)(F)F)c2)n1)[C@@H]1CCOC1. The van der Waals surface area contributed by atoms with E-state index in [0.717, 1.165) is 12.1 Å². The van der Waals surface area contributed by atoms with Crippen molar-refractivity contribution in [3.8, 4) is 5.69 Å². The fraction of sp³-hybridized carbons (Fsp3) is 0.333. The van der Waals surface area contributed by atoms with Crippen molar-refractivity contribution >= 4 is 11.7 Å². The van der Waals surface area contributed by atoms with Gasteiger partial charge in [-0.1, -0.05) is 6.07 Å². The molecule has 0 aliphatic carbocycles. The first-order valence-corrected chi connectivity index (χ1v) is 7.05. The Balaban J connectivity index is 1.75. The number of nitrogens with zero attached hydrogens (tertiary/aromatic N) is 2. The normalized spacial score (nSPS) is 18.1. The number of ether oxygens (including phenoxy) is 1. The van der Waals surface area contributed by atoms with Crippen LogP contribution in [0.15, 0.2) is 36.5 Å². The maximum atomic E-state index is 12.7. The van der Waals surface area contributed by atoms with Gasteiger partial charge < -0.3 is 10.1 Å². The van der Waals surface area contributed by atoms with Gasteiger partial charge in [-0.3, -0.25) is 4.79 Å². The second-order valence-electron chi connectivity index (χ2n) is 5.24. The lowest BCUT2D eigenvalue weighted by molar-refractivity contribution is -0.137. The smallest absolute Gasteiger partial charge is 0.381 e. The Morgan fingerprint density at radius 1 is 1.35 bits per heavy atom. The average Bonchev–Trinajstić information content (AvgIpc) is 3.18. The number of halogens is 3. The first-order chi connectivity index (χ1) is 10.9. The molecule has 3 rings (SSSR count). The van der Waals surface area contributed by atoms with Gasteiger partial charge in [-0.15, -0.1) is 0 Å². The fourth-order valence-corrected chi connectivity index (χ4v) is 2.33. The maximum absolute atomic E-state index is 12.7. The highest BCUT2D eigenvalue weighted by Gasteiger charge is 2.30. The second-order valence-corrected chi connectivity index (χ2v) is 5.24. The Kier molecular flexibility index (Phi) is 4.08. The van der Waals surface area contributed by atoms with E-state index in [0.29, 0.717) is 25.5 Å². The Morgan fingerprint density at radius 2 is 2.17 bits per heavy atom. The van der Waals surface area contributed by atoms with Gasteiger partial charge >= 0.3 is 6.18 Å². The molecule has 0 unspecified atom stereocenters. The van der Waals surface area contributed by atoms with Crippen LogP contribution in [-0.4, -0.2) is 28.9 Å². The Labute approximate surface area is 130 Å². The largest absolute Gasteiger partial charge is 0.416 e. The zero-order chi connectivity index (χ0) is 16.4. The molecule has 1 aromatic carbocycles. The molecule has 0 saturated carbocycles. The minimum Gasteiger partial charge on any atom is -0.381 e. The van der Waals surface area contributed by atoms with E-state index in [9.17, 15) is 18.0 Å². The van der Waals surface area contributed by atoms with Crippen LogP contribution in [0.3, 0.4) is 0 Å². The van der Waals surface area contributed by atoms with E-state index in [2.05, 4.69) is 10.4 Å². The van der Waals surface area contributed by atoms with Gasteiger partial charge in [0.25, 0.3) is 0 Å². The lowest BCUT2D eigenvalue weighted by atomic mass is 10.1. The highest BCUT2D eigenvalue weighted by molar-refractivity contribution is 5.91. The number of benzene rings is 1. The van der Waals surface area contributed by atoms with Crippen molar-refractivity contribution in [2.75, 3.05) is 18.5 Å². The van der Waals surface area contributed by atoms with Crippen molar-refractivity contribution in [2.24, 2.45) is 5.92 Å². The van der Waals surface area contributed by atoms with Gasteiger partial charge in [-0.2, -0.15) is 18.3 Å². The van der Waals surface area contributed by atoms with Crippen molar-refractivity contribution in [1.82, 2.24) is 9.78 Å². The van der Waals surface area contributed by atoms with Gasteiger partial charge in [0.15, 0.2) is 5.82 Å². The van der Waals surface area contributed by atoms with Crippen LogP contribution in [0.1, 0.15) is 12.0 Å². The van der Waals surface area contributed by atoms with Crippen molar-refractivity contribution in [3.63, 3.8) is 0 Å². The van der Waals surface area contributed by atoms with E-state index in [1.165, 1.54) is 29.1 Å². The first kappa shape index (κ1) is 15.5. The highest BCUT2D eigenvalue weighted by Crippen LogP contribution is 2.30. The molecule has 1 aliphatic rings. The number of amides is 1. The van der Waals surface area contributed by atoms with Crippen LogP contribution >= 0.6 is 0 Å². The number of rotatable bonds is 3. The lowest BCUT2D eigenvalue weighted by Crippen LogP contribution is -2.23. The van der Waals surface area contributed by atoms with Gasteiger partial charge in [0.2, 0.25) is 5.91 Å². The molecule has 0 spiro atoms. The number of nitrogens with one attached hydrogen (secondary N) is 1. The van der Waals surface area contributed by atoms with Crippen LogP contribution in [0, 0.1) is 5.92 Å². The summed E-state index contributed by atoms with van der Waals surface area (Å²) in [5.74, 6) is -0.121. The fourth-order valence-electron chi connectivity index (χ4n) is 2.33. The topological polar surface area (TPSA) is 56.2 Å². The Bertz CT molecular complexity index is 706. The molecule has 2 heterocycles. The monoisotopic (exact) mass is 325 g/mol. The number of hydrogen-bond donors (Lipinski definition) is 1. The van der Waals surface area contributed by atoms with Crippen molar-refractivity contribution in [1.29, 1.82) is 0 Å². The maximum Gasteiger partial charge on any atom is 0.416 e. The van der Waals surface area contributed by atoms with Gasteiger partial charge in [0, 0.05) is 18.9 Å². The quantitative estimate of drug-likeness (QED) is 0.944. The molecule has 122 valence electrons. The van der Waals surface area contributed by atoms with E-state index in [-0.39, 0.29) is 17.5 Å². The van der Waals surface area contributed by atoms with Gasteiger partial charge in [0.05, 0.1) is 23.8 Å².